The molecule has 8 heteroatoms. The van der Waals surface area contributed by atoms with Crippen molar-refractivity contribution < 1.29 is 21.8 Å². The van der Waals surface area contributed by atoms with Crippen LogP contribution in [0.3, 0.4) is 0 Å². The normalized spacial score (nSPS) is 24.3. The van der Waals surface area contributed by atoms with Crippen LogP contribution in [0.25, 0.3) is 0 Å². The van der Waals surface area contributed by atoms with Crippen LogP contribution < -0.4 is 0 Å². The molecule has 2 fully saturated rings. The Kier molecular flexibility index (Phi) is 5.56. The minimum atomic E-state index is -4.40. The fourth-order valence-electron chi connectivity index (χ4n) is 3.20. The van der Waals surface area contributed by atoms with Crippen molar-refractivity contribution >= 4 is 16.3 Å². The van der Waals surface area contributed by atoms with Gasteiger partial charge in [0.05, 0.1) is 5.75 Å². The number of hydrogen-bond donors (Lipinski definition) is 0. The molecule has 0 aromatic carbocycles. The number of carbonyl (C=O) groups is 1. The number of hydrogen-bond acceptors (Lipinski definition) is 5. The summed E-state index contributed by atoms with van der Waals surface area (Å²) in [4.78, 5) is 15.7. The highest BCUT2D eigenvalue weighted by Gasteiger charge is 2.39. The van der Waals surface area contributed by atoms with E-state index in [0.717, 1.165) is 25.9 Å². The third-order valence-electron chi connectivity index (χ3n) is 4.42. The first-order valence-electron chi connectivity index (χ1n) is 8.16. The van der Waals surface area contributed by atoms with E-state index in [1.165, 1.54) is 0 Å². The van der Waals surface area contributed by atoms with Gasteiger partial charge in [-0.1, -0.05) is 0 Å². The van der Waals surface area contributed by atoms with Crippen molar-refractivity contribution in [3.05, 3.63) is 0 Å². The first kappa shape index (κ1) is 18.4. The lowest BCUT2D eigenvalue weighted by molar-refractivity contribution is -0.0192. The Balaban J connectivity index is 1.75. The van der Waals surface area contributed by atoms with Crippen LogP contribution in [0.1, 0.15) is 33.6 Å². The molecule has 134 valence electrons. The van der Waals surface area contributed by atoms with E-state index < -0.39 is 21.6 Å². The monoisotopic (exact) mass is 350 g/mol. The molecular formula is C15H27FN2O4S. The molecular weight excluding hydrogens is 323 g/mol. The third-order valence-corrected chi connectivity index (χ3v) is 5.09. The number of ether oxygens (including phenoxy) is 1. The summed E-state index contributed by atoms with van der Waals surface area (Å²) in [5.74, 6) is 0.422. The lowest BCUT2D eigenvalue weighted by atomic mass is 9.81. The molecule has 0 N–H and O–H groups in total. The van der Waals surface area contributed by atoms with E-state index in [1.54, 1.807) is 4.90 Å². The Morgan fingerprint density at radius 1 is 1.22 bits per heavy atom. The van der Waals surface area contributed by atoms with Crippen LogP contribution in [-0.4, -0.2) is 68.4 Å². The van der Waals surface area contributed by atoms with E-state index in [4.69, 9.17) is 4.74 Å². The standard InChI is InChI=1S/C15H27FN2O4S/c1-15(2,3)22-14(19)18-10-13(11-18)12-5-4-6-17(9-12)7-8-23(16,20)21/h12-13H,4-11H2,1-3H3. The zero-order valence-corrected chi connectivity index (χ0v) is 14.9. The number of halogens is 1. The zero-order valence-electron chi connectivity index (χ0n) is 14.1. The average Bonchev–Trinajstić information content (AvgIpc) is 2.32. The Morgan fingerprint density at radius 2 is 1.87 bits per heavy atom. The van der Waals surface area contributed by atoms with Crippen molar-refractivity contribution in [3.8, 4) is 0 Å². The lowest BCUT2D eigenvalue weighted by Crippen LogP contribution is -2.56. The summed E-state index contributed by atoms with van der Waals surface area (Å²) in [6, 6.07) is 0. The van der Waals surface area contributed by atoms with Crippen LogP contribution in [0.5, 0.6) is 0 Å². The first-order chi connectivity index (χ1) is 10.5. The van der Waals surface area contributed by atoms with Crippen molar-refractivity contribution in [2.75, 3.05) is 38.5 Å². The van der Waals surface area contributed by atoms with E-state index in [2.05, 4.69) is 0 Å². The van der Waals surface area contributed by atoms with Crippen molar-refractivity contribution in [2.24, 2.45) is 11.8 Å². The van der Waals surface area contributed by atoms with Gasteiger partial charge in [0.2, 0.25) is 0 Å². The van der Waals surface area contributed by atoms with Gasteiger partial charge in [-0.3, -0.25) is 0 Å². The quantitative estimate of drug-likeness (QED) is 0.724. The Morgan fingerprint density at radius 3 is 2.43 bits per heavy atom. The number of carbonyl (C=O) groups excluding carboxylic acids is 1. The largest absolute Gasteiger partial charge is 0.444 e. The van der Waals surface area contributed by atoms with Gasteiger partial charge in [-0.05, 0) is 52.0 Å². The van der Waals surface area contributed by atoms with E-state index in [9.17, 15) is 17.1 Å². The van der Waals surface area contributed by atoms with E-state index in [1.807, 2.05) is 25.7 Å². The smallest absolute Gasteiger partial charge is 0.410 e. The number of rotatable bonds is 4. The first-order valence-corrected chi connectivity index (χ1v) is 9.71. The SMILES string of the molecule is CC(C)(C)OC(=O)N1CC(C2CCCN(CCS(=O)(=O)F)C2)C1. The van der Waals surface area contributed by atoms with Crippen molar-refractivity contribution in [2.45, 2.75) is 39.2 Å². The third kappa shape index (κ3) is 5.91. The van der Waals surface area contributed by atoms with Gasteiger partial charge in [0.25, 0.3) is 0 Å². The summed E-state index contributed by atoms with van der Waals surface area (Å²) in [6.07, 6.45) is 1.79. The molecule has 23 heavy (non-hydrogen) atoms. The molecule has 0 aliphatic carbocycles. The van der Waals surface area contributed by atoms with Crippen molar-refractivity contribution in [3.63, 3.8) is 0 Å². The molecule has 2 aliphatic heterocycles. The maximum Gasteiger partial charge on any atom is 0.410 e. The van der Waals surface area contributed by atoms with Crippen LogP contribution >= 0.6 is 0 Å². The predicted octanol–water partition coefficient (Wildman–Crippen LogP) is 1.86. The van der Waals surface area contributed by atoms with Gasteiger partial charge in [0, 0.05) is 26.2 Å². The van der Waals surface area contributed by atoms with Crippen molar-refractivity contribution in [1.82, 2.24) is 9.80 Å². The van der Waals surface area contributed by atoms with Crippen LogP contribution in [0, 0.1) is 11.8 Å². The second-order valence-corrected chi connectivity index (χ2v) is 9.08. The molecule has 2 aliphatic rings. The van der Waals surface area contributed by atoms with Gasteiger partial charge in [0.15, 0.2) is 0 Å². The molecule has 0 radical (unpaired) electrons. The highest BCUT2D eigenvalue weighted by atomic mass is 32.3. The highest BCUT2D eigenvalue weighted by Crippen LogP contribution is 2.31. The fraction of sp³-hybridized carbons (Fsp3) is 0.933. The van der Waals surface area contributed by atoms with Crippen molar-refractivity contribution in [1.29, 1.82) is 0 Å². The zero-order chi connectivity index (χ0) is 17.3. The molecule has 2 heterocycles. The molecule has 1 atom stereocenters. The van der Waals surface area contributed by atoms with Gasteiger partial charge in [0.1, 0.15) is 5.60 Å². The molecule has 0 aromatic rings. The Labute approximate surface area is 138 Å². The van der Waals surface area contributed by atoms with Gasteiger partial charge >= 0.3 is 16.3 Å². The minimum absolute atomic E-state index is 0.248. The number of nitrogens with zero attached hydrogens (tertiary/aromatic N) is 2. The second-order valence-electron chi connectivity index (χ2n) is 7.59. The maximum atomic E-state index is 12.6. The summed E-state index contributed by atoms with van der Waals surface area (Å²) in [6.45, 7) is 8.76. The Bertz CT molecular complexity index is 526. The van der Waals surface area contributed by atoms with E-state index in [0.29, 0.717) is 24.9 Å². The maximum absolute atomic E-state index is 12.6. The van der Waals surface area contributed by atoms with Crippen LogP contribution in [0.4, 0.5) is 8.68 Å². The second kappa shape index (κ2) is 6.93. The van der Waals surface area contributed by atoms with E-state index in [-0.39, 0.29) is 12.6 Å². The number of likely N-dealkylation sites (tertiary alicyclic amines) is 2. The van der Waals surface area contributed by atoms with Gasteiger partial charge in [-0.15, -0.1) is 3.89 Å². The molecule has 0 saturated carbocycles. The molecule has 2 saturated heterocycles. The molecule has 0 aromatic heterocycles. The predicted molar refractivity (Wildman–Crippen MR) is 85.4 cm³/mol. The summed E-state index contributed by atoms with van der Waals surface area (Å²) in [7, 11) is -4.40. The summed E-state index contributed by atoms with van der Waals surface area (Å²) in [5, 5.41) is 0. The fourth-order valence-corrected chi connectivity index (χ4v) is 3.68. The molecule has 2 rings (SSSR count). The van der Waals surface area contributed by atoms with Crippen LogP contribution in [0.15, 0.2) is 0 Å². The Hall–Kier alpha value is -0.890. The molecule has 6 nitrogen and oxygen atoms in total. The summed E-state index contributed by atoms with van der Waals surface area (Å²) in [5.41, 5.74) is -0.484. The van der Waals surface area contributed by atoms with Crippen LogP contribution in [-0.2, 0) is 15.0 Å². The van der Waals surface area contributed by atoms with Crippen LogP contribution in [0.2, 0.25) is 0 Å². The summed E-state index contributed by atoms with van der Waals surface area (Å²) >= 11 is 0. The highest BCUT2D eigenvalue weighted by molar-refractivity contribution is 7.86. The number of piperidine rings is 1. The van der Waals surface area contributed by atoms with Gasteiger partial charge < -0.3 is 14.5 Å². The number of amides is 1. The minimum Gasteiger partial charge on any atom is -0.444 e. The molecule has 1 unspecified atom stereocenters. The lowest BCUT2D eigenvalue weighted by Gasteiger charge is -2.46. The van der Waals surface area contributed by atoms with E-state index >= 15 is 0 Å². The molecule has 0 bridgehead atoms. The molecule has 0 spiro atoms. The average molecular weight is 350 g/mol. The van der Waals surface area contributed by atoms with Gasteiger partial charge in [-0.2, -0.15) is 8.42 Å². The molecule has 1 amide bonds. The topological polar surface area (TPSA) is 66.9 Å². The van der Waals surface area contributed by atoms with Gasteiger partial charge in [-0.25, -0.2) is 4.79 Å². The summed E-state index contributed by atoms with van der Waals surface area (Å²) < 4.78 is 39.3.